The maximum absolute atomic E-state index is 13.0. The summed E-state index contributed by atoms with van der Waals surface area (Å²) in [5.74, 6) is 0.754. The van der Waals surface area contributed by atoms with E-state index in [1.54, 1.807) is 12.5 Å². The number of rotatable bonds is 5. The van der Waals surface area contributed by atoms with Crippen molar-refractivity contribution in [1.82, 2.24) is 15.4 Å². The molecule has 1 N–H and O–H groups in total. The van der Waals surface area contributed by atoms with Crippen LogP contribution in [0.25, 0.3) is 0 Å². The van der Waals surface area contributed by atoms with Gasteiger partial charge in [-0.2, -0.15) is 0 Å². The maximum Gasteiger partial charge on any atom is 0.318 e. The van der Waals surface area contributed by atoms with Crippen LogP contribution in [0.4, 0.5) is 4.79 Å². The number of aryl methyl sites for hydroxylation is 2. The SMILES string of the molecule is Cc1noc(C)c1C(C)NC(=O)N(Cc1ccoc1)C1CCCCC1. The Morgan fingerprint density at radius 1 is 1.36 bits per heavy atom. The molecule has 0 saturated heterocycles. The van der Waals surface area contributed by atoms with E-state index in [9.17, 15) is 4.79 Å². The summed E-state index contributed by atoms with van der Waals surface area (Å²) in [5, 5.41) is 7.12. The lowest BCUT2D eigenvalue weighted by Crippen LogP contribution is -2.47. The van der Waals surface area contributed by atoms with E-state index in [4.69, 9.17) is 8.94 Å². The summed E-state index contributed by atoms with van der Waals surface area (Å²) >= 11 is 0. The molecular weight excluding hydrogens is 318 g/mol. The van der Waals surface area contributed by atoms with Crippen molar-refractivity contribution in [3.05, 3.63) is 41.2 Å². The van der Waals surface area contributed by atoms with Crippen molar-refractivity contribution < 1.29 is 13.7 Å². The fraction of sp³-hybridized carbons (Fsp3) is 0.579. The minimum atomic E-state index is -0.144. The molecule has 0 radical (unpaired) electrons. The average molecular weight is 345 g/mol. The van der Waals surface area contributed by atoms with Crippen molar-refractivity contribution in [1.29, 1.82) is 0 Å². The van der Waals surface area contributed by atoms with Crippen LogP contribution in [-0.4, -0.2) is 22.1 Å². The third kappa shape index (κ3) is 4.06. The zero-order valence-electron chi connectivity index (χ0n) is 15.2. The average Bonchev–Trinajstić information content (AvgIpc) is 3.23. The number of aromatic nitrogens is 1. The van der Waals surface area contributed by atoms with Crippen LogP contribution in [0.3, 0.4) is 0 Å². The number of nitrogens with one attached hydrogen (secondary N) is 1. The van der Waals surface area contributed by atoms with Crippen molar-refractivity contribution in [3.63, 3.8) is 0 Å². The van der Waals surface area contributed by atoms with Crippen LogP contribution in [0.2, 0.25) is 0 Å². The summed E-state index contributed by atoms with van der Waals surface area (Å²) in [7, 11) is 0. The fourth-order valence-electron chi connectivity index (χ4n) is 3.79. The van der Waals surface area contributed by atoms with Crippen LogP contribution in [0, 0.1) is 13.8 Å². The molecule has 1 saturated carbocycles. The molecule has 0 bridgehead atoms. The highest BCUT2D eigenvalue weighted by Gasteiger charge is 2.28. The Hall–Kier alpha value is -2.24. The van der Waals surface area contributed by atoms with E-state index >= 15 is 0 Å². The molecule has 2 aromatic rings. The van der Waals surface area contributed by atoms with Crippen LogP contribution in [-0.2, 0) is 6.54 Å². The molecule has 6 nitrogen and oxygen atoms in total. The standard InChI is InChI=1S/C19H27N3O3/c1-13(18-14(2)21-25-15(18)3)20-19(23)22(11-16-9-10-24-12-16)17-7-5-4-6-8-17/h9-10,12-13,17H,4-8,11H2,1-3H3,(H,20,23). The largest absolute Gasteiger partial charge is 0.472 e. The molecular formula is C19H27N3O3. The molecule has 0 aliphatic heterocycles. The Labute approximate surface area is 148 Å². The van der Waals surface area contributed by atoms with Gasteiger partial charge in [-0.15, -0.1) is 0 Å². The number of hydrogen-bond acceptors (Lipinski definition) is 4. The number of nitrogens with zero attached hydrogens (tertiary/aromatic N) is 2. The summed E-state index contributed by atoms with van der Waals surface area (Å²) in [6, 6.07) is 2.01. The number of carbonyl (C=O) groups is 1. The molecule has 1 aliphatic carbocycles. The molecule has 0 spiro atoms. The molecule has 6 heteroatoms. The second kappa shape index (κ2) is 7.76. The molecule has 136 valence electrons. The van der Waals surface area contributed by atoms with E-state index in [2.05, 4.69) is 10.5 Å². The predicted octanol–water partition coefficient (Wildman–Crippen LogP) is 4.49. The molecule has 2 amide bonds. The van der Waals surface area contributed by atoms with Gasteiger partial charge in [0, 0.05) is 17.2 Å². The van der Waals surface area contributed by atoms with Crippen LogP contribution in [0.15, 0.2) is 27.5 Å². The first-order valence-electron chi connectivity index (χ1n) is 9.07. The van der Waals surface area contributed by atoms with Gasteiger partial charge in [-0.1, -0.05) is 24.4 Å². The maximum atomic E-state index is 13.0. The van der Waals surface area contributed by atoms with Gasteiger partial charge < -0.3 is 19.2 Å². The minimum absolute atomic E-state index is 0.0411. The molecule has 1 aliphatic rings. The van der Waals surface area contributed by atoms with E-state index in [0.29, 0.717) is 6.54 Å². The van der Waals surface area contributed by atoms with Gasteiger partial charge in [0.25, 0.3) is 0 Å². The van der Waals surface area contributed by atoms with Gasteiger partial charge in [-0.25, -0.2) is 4.79 Å². The van der Waals surface area contributed by atoms with Gasteiger partial charge in [0.2, 0.25) is 0 Å². The molecule has 1 fully saturated rings. The first kappa shape index (κ1) is 17.6. The highest BCUT2D eigenvalue weighted by atomic mass is 16.5. The van der Waals surface area contributed by atoms with Crippen molar-refractivity contribution in [2.45, 2.75) is 71.5 Å². The molecule has 2 aromatic heterocycles. The fourth-order valence-corrected chi connectivity index (χ4v) is 3.79. The number of hydrogen-bond donors (Lipinski definition) is 1. The molecule has 2 heterocycles. The van der Waals surface area contributed by atoms with Crippen molar-refractivity contribution in [2.75, 3.05) is 0 Å². The third-order valence-electron chi connectivity index (χ3n) is 5.07. The molecule has 3 rings (SSSR count). The number of carbonyl (C=O) groups excluding carboxylic acids is 1. The van der Waals surface area contributed by atoms with Gasteiger partial charge >= 0.3 is 6.03 Å². The molecule has 0 aromatic carbocycles. The lowest BCUT2D eigenvalue weighted by atomic mass is 9.94. The molecule has 1 atom stereocenters. The predicted molar refractivity (Wildman–Crippen MR) is 94.0 cm³/mol. The van der Waals surface area contributed by atoms with E-state index < -0.39 is 0 Å². The Morgan fingerprint density at radius 2 is 2.12 bits per heavy atom. The zero-order valence-corrected chi connectivity index (χ0v) is 15.2. The third-order valence-corrected chi connectivity index (χ3v) is 5.07. The topological polar surface area (TPSA) is 71.5 Å². The summed E-state index contributed by atoms with van der Waals surface area (Å²) in [6.07, 6.45) is 9.10. The molecule has 25 heavy (non-hydrogen) atoms. The summed E-state index contributed by atoms with van der Waals surface area (Å²) < 4.78 is 10.4. The van der Waals surface area contributed by atoms with Crippen LogP contribution in [0.5, 0.6) is 0 Å². The van der Waals surface area contributed by atoms with E-state index in [1.165, 1.54) is 19.3 Å². The van der Waals surface area contributed by atoms with E-state index in [1.807, 2.05) is 31.7 Å². The molecule has 1 unspecified atom stereocenters. The second-order valence-corrected chi connectivity index (χ2v) is 6.96. The van der Waals surface area contributed by atoms with Crippen LogP contribution < -0.4 is 5.32 Å². The van der Waals surface area contributed by atoms with Crippen LogP contribution in [0.1, 0.15) is 67.7 Å². The van der Waals surface area contributed by atoms with Crippen molar-refractivity contribution >= 4 is 6.03 Å². The second-order valence-electron chi connectivity index (χ2n) is 6.96. The lowest BCUT2D eigenvalue weighted by molar-refractivity contribution is 0.148. The van der Waals surface area contributed by atoms with E-state index in [-0.39, 0.29) is 18.1 Å². The van der Waals surface area contributed by atoms with Crippen LogP contribution >= 0.6 is 0 Å². The monoisotopic (exact) mass is 345 g/mol. The highest BCUT2D eigenvalue weighted by molar-refractivity contribution is 5.75. The number of urea groups is 1. The first-order valence-corrected chi connectivity index (χ1v) is 9.07. The van der Waals surface area contributed by atoms with Gasteiger partial charge in [-0.3, -0.25) is 0 Å². The minimum Gasteiger partial charge on any atom is -0.472 e. The van der Waals surface area contributed by atoms with Gasteiger partial charge in [-0.05, 0) is 39.7 Å². The quantitative estimate of drug-likeness (QED) is 0.866. The first-order chi connectivity index (χ1) is 12.1. The Balaban J connectivity index is 1.73. The van der Waals surface area contributed by atoms with Crippen molar-refractivity contribution in [3.8, 4) is 0 Å². The Bertz CT molecular complexity index is 667. The number of furan rings is 1. The summed E-state index contributed by atoms with van der Waals surface area (Å²) in [4.78, 5) is 15.0. The highest BCUT2D eigenvalue weighted by Crippen LogP contribution is 2.26. The Kier molecular flexibility index (Phi) is 5.46. The van der Waals surface area contributed by atoms with Gasteiger partial charge in [0.15, 0.2) is 0 Å². The van der Waals surface area contributed by atoms with Gasteiger partial charge in [0.1, 0.15) is 5.76 Å². The summed E-state index contributed by atoms with van der Waals surface area (Å²) in [6.45, 7) is 6.32. The van der Waals surface area contributed by atoms with E-state index in [0.717, 1.165) is 35.4 Å². The van der Waals surface area contributed by atoms with Gasteiger partial charge in [0.05, 0.1) is 30.8 Å². The summed E-state index contributed by atoms with van der Waals surface area (Å²) in [5.41, 5.74) is 2.80. The number of amides is 2. The normalized spacial score (nSPS) is 16.6. The lowest BCUT2D eigenvalue weighted by Gasteiger charge is -2.35. The Morgan fingerprint density at radius 3 is 2.72 bits per heavy atom. The van der Waals surface area contributed by atoms with Crippen molar-refractivity contribution in [2.24, 2.45) is 0 Å². The zero-order chi connectivity index (χ0) is 17.8. The smallest absolute Gasteiger partial charge is 0.318 e.